The molecule has 6 heteroatoms. The zero-order valence-electron chi connectivity index (χ0n) is 19.7. The number of thioether (sulfide) groups is 1. The van der Waals surface area contributed by atoms with Crippen LogP contribution in [0.1, 0.15) is 63.0 Å². The SMILES string of the molecule is CC[C@H](C(=O)NC1CCCCC1)N(Cc1ccccc1Cl)C(=O)CCSc1ccc(C)cc1. The third-order valence-corrected chi connectivity index (χ3v) is 7.62. The van der Waals surface area contributed by atoms with E-state index in [1.807, 2.05) is 31.2 Å². The minimum atomic E-state index is -0.500. The molecule has 1 aliphatic carbocycles. The first-order valence-corrected chi connectivity index (χ1v) is 13.4. The third kappa shape index (κ3) is 7.79. The van der Waals surface area contributed by atoms with Crippen molar-refractivity contribution >= 4 is 35.2 Å². The summed E-state index contributed by atoms with van der Waals surface area (Å²) in [5.74, 6) is 0.609. The van der Waals surface area contributed by atoms with E-state index in [4.69, 9.17) is 11.6 Å². The lowest BCUT2D eigenvalue weighted by Crippen LogP contribution is -2.51. The summed E-state index contributed by atoms with van der Waals surface area (Å²) in [6.45, 7) is 4.37. The molecule has 2 aromatic rings. The molecule has 1 aliphatic rings. The number of aryl methyl sites for hydroxylation is 1. The molecular formula is C27H35ClN2O2S. The fourth-order valence-electron chi connectivity index (χ4n) is 4.31. The average Bonchev–Trinajstić information content (AvgIpc) is 2.82. The predicted octanol–water partition coefficient (Wildman–Crippen LogP) is 6.39. The molecule has 0 spiro atoms. The van der Waals surface area contributed by atoms with Gasteiger partial charge in [0.25, 0.3) is 0 Å². The van der Waals surface area contributed by atoms with Gasteiger partial charge in [0, 0.05) is 34.7 Å². The second-order valence-electron chi connectivity index (χ2n) is 8.79. The van der Waals surface area contributed by atoms with E-state index in [2.05, 4.69) is 36.5 Å². The van der Waals surface area contributed by atoms with Gasteiger partial charge in [-0.15, -0.1) is 11.8 Å². The van der Waals surface area contributed by atoms with Crippen LogP contribution in [0, 0.1) is 6.92 Å². The van der Waals surface area contributed by atoms with E-state index in [0.717, 1.165) is 36.1 Å². The predicted molar refractivity (Wildman–Crippen MR) is 138 cm³/mol. The molecule has 0 aliphatic heterocycles. The van der Waals surface area contributed by atoms with Gasteiger partial charge in [0.2, 0.25) is 11.8 Å². The Morgan fingerprint density at radius 1 is 1.09 bits per heavy atom. The molecule has 2 amide bonds. The summed E-state index contributed by atoms with van der Waals surface area (Å²) in [6.07, 6.45) is 6.53. The van der Waals surface area contributed by atoms with Crippen molar-refractivity contribution < 1.29 is 9.59 Å². The highest BCUT2D eigenvalue weighted by Crippen LogP contribution is 2.24. The molecule has 3 rings (SSSR count). The van der Waals surface area contributed by atoms with Crippen molar-refractivity contribution in [3.63, 3.8) is 0 Å². The molecule has 0 bridgehead atoms. The zero-order chi connectivity index (χ0) is 23.6. The summed E-state index contributed by atoms with van der Waals surface area (Å²) < 4.78 is 0. The van der Waals surface area contributed by atoms with Crippen LogP contribution in [0.5, 0.6) is 0 Å². The van der Waals surface area contributed by atoms with Crippen LogP contribution in [0.3, 0.4) is 0 Å². The van der Waals surface area contributed by atoms with E-state index in [-0.39, 0.29) is 17.9 Å². The Hall–Kier alpha value is -1.98. The molecule has 178 valence electrons. The smallest absolute Gasteiger partial charge is 0.243 e. The van der Waals surface area contributed by atoms with E-state index >= 15 is 0 Å². The third-order valence-electron chi connectivity index (χ3n) is 6.24. The summed E-state index contributed by atoms with van der Waals surface area (Å²) in [7, 11) is 0. The summed E-state index contributed by atoms with van der Waals surface area (Å²) >= 11 is 8.08. The monoisotopic (exact) mass is 486 g/mol. The Morgan fingerprint density at radius 3 is 2.45 bits per heavy atom. The van der Waals surface area contributed by atoms with E-state index in [9.17, 15) is 9.59 Å². The van der Waals surface area contributed by atoms with Crippen molar-refractivity contribution in [2.24, 2.45) is 0 Å². The summed E-state index contributed by atoms with van der Waals surface area (Å²) in [5, 5.41) is 3.84. The number of halogens is 1. The second-order valence-corrected chi connectivity index (χ2v) is 10.4. The Morgan fingerprint density at radius 2 is 1.79 bits per heavy atom. The van der Waals surface area contributed by atoms with E-state index in [1.165, 1.54) is 12.0 Å². The van der Waals surface area contributed by atoms with Gasteiger partial charge in [0.15, 0.2) is 0 Å². The van der Waals surface area contributed by atoms with E-state index < -0.39 is 6.04 Å². The first kappa shape index (κ1) is 25.6. The number of carbonyl (C=O) groups excluding carboxylic acids is 2. The Bertz CT molecular complexity index is 913. The first-order valence-electron chi connectivity index (χ1n) is 12.0. The van der Waals surface area contributed by atoms with Gasteiger partial charge in [-0.3, -0.25) is 9.59 Å². The van der Waals surface area contributed by atoms with Crippen LogP contribution in [0.4, 0.5) is 0 Å². The molecule has 1 saturated carbocycles. The minimum absolute atomic E-state index is 0.0137. The van der Waals surface area contributed by atoms with E-state index in [1.54, 1.807) is 16.7 Å². The summed E-state index contributed by atoms with van der Waals surface area (Å²) in [5.41, 5.74) is 2.08. The van der Waals surface area contributed by atoms with Crippen LogP contribution < -0.4 is 5.32 Å². The van der Waals surface area contributed by atoms with Gasteiger partial charge in [0.1, 0.15) is 6.04 Å². The Kier molecular flexibility index (Phi) is 10.1. The van der Waals surface area contributed by atoms with Crippen LogP contribution >= 0.6 is 23.4 Å². The van der Waals surface area contributed by atoms with Crippen LogP contribution in [-0.4, -0.2) is 34.6 Å². The number of rotatable bonds is 10. The molecule has 4 nitrogen and oxygen atoms in total. The molecule has 0 heterocycles. The number of hydrogen-bond donors (Lipinski definition) is 1. The molecule has 1 fully saturated rings. The van der Waals surface area contributed by atoms with Crippen molar-refractivity contribution in [2.45, 2.75) is 82.3 Å². The molecule has 0 unspecified atom stereocenters. The maximum Gasteiger partial charge on any atom is 0.243 e. The molecule has 0 radical (unpaired) electrons. The average molecular weight is 487 g/mol. The maximum atomic E-state index is 13.4. The van der Waals surface area contributed by atoms with Crippen molar-refractivity contribution in [2.75, 3.05) is 5.75 Å². The molecular weight excluding hydrogens is 452 g/mol. The quantitative estimate of drug-likeness (QED) is 0.396. The number of benzene rings is 2. The van der Waals surface area contributed by atoms with Gasteiger partial charge in [0.05, 0.1) is 0 Å². The number of carbonyl (C=O) groups is 2. The number of amides is 2. The molecule has 2 aromatic carbocycles. The Balaban J connectivity index is 1.70. The largest absolute Gasteiger partial charge is 0.352 e. The van der Waals surface area contributed by atoms with Gasteiger partial charge in [-0.05, 0) is 49.9 Å². The van der Waals surface area contributed by atoms with Crippen molar-refractivity contribution in [1.29, 1.82) is 0 Å². The van der Waals surface area contributed by atoms with Crippen LogP contribution in [0.2, 0.25) is 5.02 Å². The topological polar surface area (TPSA) is 49.4 Å². The highest BCUT2D eigenvalue weighted by Gasteiger charge is 2.30. The standard InChI is InChI=1S/C27H35ClN2O2S/c1-3-25(27(32)29-22-10-5-4-6-11-22)30(19-21-9-7-8-12-24(21)28)26(31)17-18-33-23-15-13-20(2)14-16-23/h7-9,12-16,22,25H,3-6,10-11,17-19H2,1-2H3,(H,29,32)/t25-/m1/s1. The van der Waals surface area contributed by atoms with Gasteiger partial charge in [-0.25, -0.2) is 0 Å². The number of hydrogen-bond acceptors (Lipinski definition) is 3. The molecule has 1 N–H and O–H groups in total. The first-order chi connectivity index (χ1) is 16.0. The highest BCUT2D eigenvalue weighted by atomic mass is 35.5. The minimum Gasteiger partial charge on any atom is -0.352 e. The van der Waals surface area contributed by atoms with Crippen molar-refractivity contribution in [1.82, 2.24) is 10.2 Å². The van der Waals surface area contributed by atoms with Crippen LogP contribution in [-0.2, 0) is 16.1 Å². The second kappa shape index (κ2) is 13.0. The lowest BCUT2D eigenvalue weighted by Gasteiger charge is -2.33. The normalized spacial score (nSPS) is 15.1. The fourth-order valence-corrected chi connectivity index (χ4v) is 5.34. The highest BCUT2D eigenvalue weighted by molar-refractivity contribution is 7.99. The summed E-state index contributed by atoms with van der Waals surface area (Å²) in [6, 6.07) is 15.6. The molecule has 0 saturated heterocycles. The fraction of sp³-hybridized carbons (Fsp3) is 0.481. The molecule has 33 heavy (non-hydrogen) atoms. The lowest BCUT2D eigenvalue weighted by atomic mass is 9.95. The Labute approximate surface area is 207 Å². The zero-order valence-corrected chi connectivity index (χ0v) is 21.3. The number of nitrogens with zero attached hydrogens (tertiary/aromatic N) is 1. The van der Waals surface area contributed by atoms with Crippen LogP contribution in [0.25, 0.3) is 0 Å². The summed E-state index contributed by atoms with van der Waals surface area (Å²) in [4.78, 5) is 29.5. The van der Waals surface area contributed by atoms with Crippen molar-refractivity contribution in [3.8, 4) is 0 Å². The van der Waals surface area contributed by atoms with Gasteiger partial charge >= 0.3 is 0 Å². The molecule has 1 atom stereocenters. The number of nitrogens with one attached hydrogen (secondary N) is 1. The van der Waals surface area contributed by atoms with Crippen LogP contribution in [0.15, 0.2) is 53.4 Å². The lowest BCUT2D eigenvalue weighted by molar-refractivity contribution is -0.141. The molecule has 0 aromatic heterocycles. The van der Waals surface area contributed by atoms with Crippen molar-refractivity contribution in [3.05, 3.63) is 64.7 Å². The maximum absolute atomic E-state index is 13.4. The van der Waals surface area contributed by atoms with Gasteiger partial charge in [-0.1, -0.05) is 73.7 Å². The van der Waals surface area contributed by atoms with Gasteiger partial charge in [-0.2, -0.15) is 0 Å². The van der Waals surface area contributed by atoms with Gasteiger partial charge < -0.3 is 10.2 Å². The van der Waals surface area contributed by atoms with E-state index in [0.29, 0.717) is 30.2 Å².